The Bertz CT molecular complexity index is 891. The van der Waals surface area contributed by atoms with Crippen molar-refractivity contribution in [2.75, 3.05) is 11.9 Å². The molecule has 1 aliphatic rings. The van der Waals surface area contributed by atoms with Crippen LogP contribution in [0.4, 0.5) is 5.69 Å². The molecule has 1 aliphatic heterocycles. The smallest absolute Gasteiger partial charge is 0.241 e. The van der Waals surface area contributed by atoms with Crippen molar-refractivity contribution in [1.29, 1.82) is 0 Å². The van der Waals surface area contributed by atoms with Crippen molar-refractivity contribution < 1.29 is 14.3 Å². The Morgan fingerprint density at radius 3 is 2.88 bits per heavy atom. The first kappa shape index (κ1) is 15.8. The van der Waals surface area contributed by atoms with Gasteiger partial charge in [0.1, 0.15) is 5.52 Å². The number of anilines is 1. The van der Waals surface area contributed by atoms with Crippen molar-refractivity contribution >= 4 is 22.7 Å². The average molecular weight is 337 g/mol. The number of carbonyl (C=O) groups is 1. The molecule has 0 radical (unpaired) electrons. The predicted molar refractivity (Wildman–Crippen MR) is 94.3 cm³/mol. The number of carbonyl (C=O) groups excluding carboxylic acids is 1. The highest BCUT2D eigenvalue weighted by atomic mass is 16.3. The highest BCUT2D eigenvalue weighted by Crippen LogP contribution is 2.22. The van der Waals surface area contributed by atoms with Gasteiger partial charge in [-0.1, -0.05) is 30.3 Å². The number of hydrogen-bond donors (Lipinski definition) is 3. The van der Waals surface area contributed by atoms with Crippen LogP contribution in [0.3, 0.4) is 0 Å². The maximum absolute atomic E-state index is 12.2. The average Bonchev–Trinajstić information content (AvgIpc) is 3.21. The topological polar surface area (TPSA) is 87.4 Å². The van der Waals surface area contributed by atoms with E-state index in [1.54, 1.807) is 12.1 Å². The van der Waals surface area contributed by atoms with Crippen LogP contribution in [0.1, 0.15) is 17.9 Å². The Hall–Kier alpha value is -2.70. The number of oxazole rings is 1. The quantitative estimate of drug-likeness (QED) is 0.678. The van der Waals surface area contributed by atoms with E-state index in [4.69, 9.17) is 4.42 Å². The summed E-state index contributed by atoms with van der Waals surface area (Å²) in [5, 5.41) is 15.4. The second-order valence-electron chi connectivity index (χ2n) is 6.29. The number of aliphatic hydroxyl groups excluding tert-OH is 1. The van der Waals surface area contributed by atoms with Crippen LogP contribution < -0.4 is 10.6 Å². The van der Waals surface area contributed by atoms with Gasteiger partial charge in [-0.05, 0) is 24.1 Å². The molecule has 1 amide bonds. The van der Waals surface area contributed by atoms with Crippen molar-refractivity contribution in [2.24, 2.45) is 0 Å². The number of nitrogens with zero attached hydrogens (tertiary/aromatic N) is 1. The van der Waals surface area contributed by atoms with Gasteiger partial charge in [0, 0.05) is 24.7 Å². The molecule has 2 atom stereocenters. The molecule has 0 spiro atoms. The molecule has 2 aromatic carbocycles. The fraction of sp³-hybridized carbons (Fsp3) is 0.263. The first-order chi connectivity index (χ1) is 12.2. The SMILES string of the molecule is O=C(Nc1ccc2nc(Cc3ccccc3)oc2c1)C1CC(O)CN1. The Kier molecular flexibility index (Phi) is 4.21. The van der Waals surface area contributed by atoms with Crippen LogP contribution in [-0.2, 0) is 11.2 Å². The zero-order valence-corrected chi connectivity index (χ0v) is 13.6. The van der Waals surface area contributed by atoms with Gasteiger partial charge < -0.3 is 20.2 Å². The van der Waals surface area contributed by atoms with Crippen LogP contribution >= 0.6 is 0 Å². The molecule has 0 saturated carbocycles. The summed E-state index contributed by atoms with van der Waals surface area (Å²) >= 11 is 0. The van der Waals surface area contributed by atoms with E-state index >= 15 is 0 Å². The third kappa shape index (κ3) is 3.55. The van der Waals surface area contributed by atoms with Gasteiger partial charge >= 0.3 is 0 Å². The summed E-state index contributed by atoms with van der Waals surface area (Å²) < 4.78 is 5.82. The molecule has 2 heterocycles. The number of benzene rings is 2. The highest BCUT2D eigenvalue weighted by molar-refractivity contribution is 5.96. The van der Waals surface area contributed by atoms with E-state index in [-0.39, 0.29) is 11.9 Å². The van der Waals surface area contributed by atoms with E-state index in [2.05, 4.69) is 15.6 Å². The molecule has 0 aliphatic carbocycles. The second-order valence-corrected chi connectivity index (χ2v) is 6.29. The lowest BCUT2D eigenvalue weighted by molar-refractivity contribution is -0.117. The van der Waals surface area contributed by atoms with Crippen molar-refractivity contribution in [3.63, 3.8) is 0 Å². The van der Waals surface area contributed by atoms with E-state index in [1.807, 2.05) is 36.4 Å². The third-order valence-corrected chi connectivity index (χ3v) is 4.32. The predicted octanol–water partition coefficient (Wildman–Crippen LogP) is 2.08. The lowest BCUT2D eigenvalue weighted by atomic mass is 10.1. The molecule has 3 N–H and O–H groups in total. The molecule has 1 aromatic heterocycles. The van der Waals surface area contributed by atoms with Gasteiger partial charge in [-0.25, -0.2) is 4.98 Å². The van der Waals surface area contributed by atoms with Crippen LogP contribution in [0.15, 0.2) is 52.9 Å². The van der Waals surface area contributed by atoms with Gasteiger partial charge in [0.2, 0.25) is 5.91 Å². The van der Waals surface area contributed by atoms with Crippen molar-refractivity contribution in [3.8, 4) is 0 Å². The fourth-order valence-corrected chi connectivity index (χ4v) is 3.04. The molecule has 4 rings (SSSR count). The number of rotatable bonds is 4. The van der Waals surface area contributed by atoms with Gasteiger partial charge in [-0.15, -0.1) is 0 Å². The Morgan fingerprint density at radius 1 is 1.28 bits per heavy atom. The number of amides is 1. The van der Waals surface area contributed by atoms with Gasteiger partial charge in [0.05, 0.1) is 12.1 Å². The van der Waals surface area contributed by atoms with Gasteiger partial charge in [-0.2, -0.15) is 0 Å². The molecule has 6 heteroatoms. The van der Waals surface area contributed by atoms with Crippen LogP contribution in [0.25, 0.3) is 11.1 Å². The van der Waals surface area contributed by atoms with Gasteiger partial charge in [-0.3, -0.25) is 4.79 Å². The Balaban J connectivity index is 1.49. The zero-order chi connectivity index (χ0) is 17.2. The number of nitrogens with one attached hydrogen (secondary N) is 2. The third-order valence-electron chi connectivity index (χ3n) is 4.32. The van der Waals surface area contributed by atoms with Crippen molar-refractivity contribution in [1.82, 2.24) is 10.3 Å². The van der Waals surface area contributed by atoms with Crippen molar-refractivity contribution in [3.05, 3.63) is 60.0 Å². The second kappa shape index (κ2) is 6.66. The minimum atomic E-state index is -0.465. The van der Waals surface area contributed by atoms with Crippen LogP contribution in [0.2, 0.25) is 0 Å². The van der Waals surface area contributed by atoms with Gasteiger partial charge in [0.15, 0.2) is 11.5 Å². The molecule has 6 nitrogen and oxygen atoms in total. The molecule has 3 aromatic rings. The zero-order valence-electron chi connectivity index (χ0n) is 13.6. The highest BCUT2D eigenvalue weighted by Gasteiger charge is 2.28. The monoisotopic (exact) mass is 337 g/mol. The summed E-state index contributed by atoms with van der Waals surface area (Å²) in [5.74, 6) is 0.491. The molecule has 0 bridgehead atoms. The molecular weight excluding hydrogens is 318 g/mol. The largest absolute Gasteiger partial charge is 0.440 e. The minimum absolute atomic E-state index is 0.153. The minimum Gasteiger partial charge on any atom is -0.440 e. The first-order valence-electron chi connectivity index (χ1n) is 8.33. The maximum Gasteiger partial charge on any atom is 0.241 e. The number of aromatic nitrogens is 1. The van der Waals surface area contributed by atoms with Crippen molar-refractivity contribution in [2.45, 2.75) is 25.0 Å². The summed E-state index contributed by atoms with van der Waals surface area (Å²) in [6.07, 6.45) is 0.589. The van der Waals surface area contributed by atoms with E-state index in [1.165, 1.54) is 0 Å². The van der Waals surface area contributed by atoms with Crippen LogP contribution in [0.5, 0.6) is 0 Å². The standard InChI is InChI=1S/C19H19N3O3/c23-14-10-16(20-11-14)19(24)21-13-6-7-15-17(9-13)25-18(22-15)8-12-4-2-1-3-5-12/h1-7,9,14,16,20,23H,8,10-11H2,(H,21,24). The molecule has 128 valence electrons. The summed E-state index contributed by atoms with van der Waals surface area (Å²) in [6, 6.07) is 15.1. The maximum atomic E-state index is 12.2. The number of aliphatic hydroxyl groups is 1. The van der Waals surface area contributed by atoms with E-state index in [9.17, 15) is 9.90 Å². The summed E-state index contributed by atoms with van der Waals surface area (Å²) in [6.45, 7) is 0.446. The molecule has 1 saturated heterocycles. The summed E-state index contributed by atoms with van der Waals surface area (Å²) in [7, 11) is 0. The van der Waals surface area contributed by atoms with Crippen LogP contribution in [0, 0.1) is 0 Å². The van der Waals surface area contributed by atoms with Crippen LogP contribution in [-0.4, -0.2) is 34.7 Å². The number of fused-ring (bicyclic) bond motifs is 1. The summed E-state index contributed by atoms with van der Waals surface area (Å²) in [5.41, 5.74) is 3.19. The lowest BCUT2D eigenvalue weighted by Crippen LogP contribution is -2.35. The van der Waals surface area contributed by atoms with E-state index in [0.717, 1.165) is 11.1 Å². The Labute approximate surface area is 144 Å². The fourth-order valence-electron chi connectivity index (χ4n) is 3.04. The Morgan fingerprint density at radius 2 is 2.12 bits per heavy atom. The molecule has 1 fully saturated rings. The van der Waals surface area contributed by atoms with Gasteiger partial charge in [0.25, 0.3) is 0 Å². The first-order valence-corrected chi connectivity index (χ1v) is 8.33. The normalized spacial score (nSPS) is 20.0. The van der Waals surface area contributed by atoms with E-state index < -0.39 is 6.10 Å². The lowest BCUT2D eigenvalue weighted by Gasteiger charge is -2.10. The number of hydrogen-bond acceptors (Lipinski definition) is 5. The van der Waals surface area contributed by atoms with E-state index in [0.29, 0.717) is 36.5 Å². The molecule has 2 unspecified atom stereocenters. The molecule has 25 heavy (non-hydrogen) atoms. The molecular formula is C19H19N3O3. The number of β-amino-alcohol motifs (C(OH)–C–C–N with tert-alkyl or cyclic N) is 1. The summed E-state index contributed by atoms with van der Waals surface area (Å²) in [4.78, 5) is 16.7.